The van der Waals surface area contributed by atoms with E-state index in [1.54, 1.807) is 0 Å². The van der Waals surface area contributed by atoms with Gasteiger partial charge in [0.1, 0.15) is 10.6 Å². The van der Waals surface area contributed by atoms with Gasteiger partial charge in [-0.25, -0.2) is 4.98 Å². The van der Waals surface area contributed by atoms with Crippen molar-refractivity contribution in [1.82, 2.24) is 15.3 Å². The summed E-state index contributed by atoms with van der Waals surface area (Å²) in [6.07, 6.45) is 2.17. The zero-order valence-electron chi connectivity index (χ0n) is 9.64. The first-order valence-electron chi connectivity index (χ1n) is 5.76. The van der Waals surface area contributed by atoms with E-state index in [0.717, 1.165) is 23.1 Å². The van der Waals surface area contributed by atoms with Crippen molar-refractivity contribution in [3.05, 3.63) is 11.4 Å². The average Bonchev–Trinajstić information content (AvgIpc) is 3.01. The Morgan fingerprint density at radius 2 is 2.33 bits per heavy atom. The second-order valence-corrected chi connectivity index (χ2v) is 5.16. The minimum atomic E-state index is -0.0157. The minimum absolute atomic E-state index is 0.0157. The van der Waals surface area contributed by atoms with Gasteiger partial charge in [0.25, 0.3) is 0 Å². The predicted molar refractivity (Wildman–Crippen MR) is 71.5 cm³/mol. The highest BCUT2D eigenvalue weighted by atomic mass is 32.1. The largest absolute Gasteiger partial charge is 0.368 e. The third-order valence-electron chi connectivity index (χ3n) is 2.70. The molecule has 0 saturated heterocycles. The molecule has 0 aromatic carbocycles. The number of carbonyl (C=O) groups is 1. The molecule has 1 amide bonds. The Balaban J connectivity index is 1.72. The molecule has 4 N–H and O–H groups in total. The summed E-state index contributed by atoms with van der Waals surface area (Å²) in [7, 11) is 0. The lowest BCUT2D eigenvalue weighted by atomic mass is 10.3. The zero-order valence-corrected chi connectivity index (χ0v) is 10.5. The van der Waals surface area contributed by atoms with Crippen molar-refractivity contribution in [2.75, 3.05) is 17.6 Å². The van der Waals surface area contributed by atoms with Crippen LogP contribution in [-0.4, -0.2) is 28.5 Å². The van der Waals surface area contributed by atoms with Crippen molar-refractivity contribution >= 4 is 39.2 Å². The van der Waals surface area contributed by atoms with Crippen LogP contribution in [0.1, 0.15) is 12.8 Å². The number of rotatable bonds is 4. The third kappa shape index (κ3) is 2.35. The Morgan fingerprint density at radius 1 is 1.50 bits per heavy atom. The van der Waals surface area contributed by atoms with Crippen LogP contribution in [0.5, 0.6) is 0 Å². The lowest BCUT2D eigenvalue weighted by Crippen LogP contribution is -2.31. The lowest BCUT2D eigenvalue weighted by Gasteiger charge is -2.07. The molecule has 94 valence electrons. The van der Waals surface area contributed by atoms with Crippen LogP contribution < -0.4 is 16.4 Å². The van der Waals surface area contributed by atoms with Crippen molar-refractivity contribution in [2.45, 2.75) is 18.9 Å². The molecule has 0 aliphatic heterocycles. The minimum Gasteiger partial charge on any atom is -0.368 e. The highest BCUT2D eigenvalue weighted by Gasteiger charge is 2.23. The van der Waals surface area contributed by atoms with E-state index in [9.17, 15) is 4.79 Å². The first-order valence-corrected chi connectivity index (χ1v) is 6.64. The predicted octanol–water partition coefficient (Wildman–Crippen LogP) is 0.964. The van der Waals surface area contributed by atoms with E-state index in [1.807, 2.05) is 11.4 Å². The van der Waals surface area contributed by atoms with Crippen LogP contribution in [-0.2, 0) is 4.79 Å². The monoisotopic (exact) mass is 263 g/mol. The molecule has 1 saturated carbocycles. The number of carbonyl (C=O) groups excluding carboxylic acids is 1. The number of aromatic nitrogens is 2. The molecular formula is C11H13N5OS. The van der Waals surface area contributed by atoms with Crippen LogP contribution in [0.2, 0.25) is 0 Å². The number of hydrogen-bond acceptors (Lipinski definition) is 6. The molecule has 1 aliphatic carbocycles. The molecule has 0 atom stereocenters. The maximum atomic E-state index is 11.6. The SMILES string of the molecule is Nc1nc(NCC(=O)NC2CC2)c2ccsc2n1. The molecule has 2 aromatic heterocycles. The van der Waals surface area contributed by atoms with E-state index in [2.05, 4.69) is 20.6 Å². The summed E-state index contributed by atoms with van der Waals surface area (Å²) in [6, 6.07) is 2.29. The average molecular weight is 263 g/mol. The van der Waals surface area contributed by atoms with Gasteiger partial charge in [-0.15, -0.1) is 11.3 Å². The van der Waals surface area contributed by atoms with E-state index in [4.69, 9.17) is 5.73 Å². The van der Waals surface area contributed by atoms with Crippen molar-refractivity contribution in [3.63, 3.8) is 0 Å². The van der Waals surface area contributed by atoms with Crippen molar-refractivity contribution in [3.8, 4) is 0 Å². The summed E-state index contributed by atoms with van der Waals surface area (Å²) < 4.78 is 0. The Hall–Kier alpha value is -1.89. The molecule has 0 radical (unpaired) electrons. The fraction of sp³-hybridized carbons (Fsp3) is 0.364. The number of nitrogens with two attached hydrogens (primary N) is 1. The number of anilines is 2. The fourth-order valence-corrected chi connectivity index (χ4v) is 2.45. The number of amides is 1. The van der Waals surface area contributed by atoms with Crippen LogP contribution in [0, 0.1) is 0 Å². The number of nitrogens with one attached hydrogen (secondary N) is 2. The van der Waals surface area contributed by atoms with Gasteiger partial charge in [0.15, 0.2) is 0 Å². The number of fused-ring (bicyclic) bond motifs is 1. The number of nitrogens with zero attached hydrogens (tertiary/aromatic N) is 2. The second kappa shape index (κ2) is 4.41. The quantitative estimate of drug-likeness (QED) is 0.764. The smallest absolute Gasteiger partial charge is 0.239 e. The first-order chi connectivity index (χ1) is 8.72. The van der Waals surface area contributed by atoms with Crippen LogP contribution in [0.4, 0.5) is 11.8 Å². The molecule has 7 heteroatoms. The van der Waals surface area contributed by atoms with Gasteiger partial charge in [-0.3, -0.25) is 4.79 Å². The highest BCUT2D eigenvalue weighted by molar-refractivity contribution is 7.16. The van der Waals surface area contributed by atoms with Crippen LogP contribution in [0.15, 0.2) is 11.4 Å². The van der Waals surface area contributed by atoms with Gasteiger partial charge in [-0.2, -0.15) is 4.98 Å². The first kappa shape index (κ1) is 11.2. The third-order valence-corrected chi connectivity index (χ3v) is 3.51. The lowest BCUT2D eigenvalue weighted by molar-refractivity contribution is -0.119. The Morgan fingerprint density at radius 3 is 3.11 bits per heavy atom. The molecule has 1 aliphatic rings. The maximum Gasteiger partial charge on any atom is 0.239 e. The number of thiophene rings is 1. The number of hydrogen-bond donors (Lipinski definition) is 3. The Labute approximate surface area is 108 Å². The molecule has 0 spiro atoms. The summed E-state index contributed by atoms with van der Waals surface area (Å²) >= 11 is 1.50. The summed E-state index contributed by atoms with van der Waals surface area (Å²) in [4.78, 5) is 20.7. The van der Waals surface area contributed by atoms with Gasteiger partial charge in [0.05, 0.1) is 11.9 Å². The van der Waals surface area contributed by atoms with Gasteiger partial charge in [-0.05, 0) is 24.3 Å². The van der Waals surface area contributed by atoms with Gasteiger partial charge < -0.3 is 16.4 Å². The van der Waals surface area contributed by atoms with E-state index >= 15 is 0 Å². The molecule has 18 heavy (non-hydrogen) atoms. The Kier molecular flexibility index (Phi) is 2.75. The molecule has 0 unspecified atom stereocenters. The van der Waals surface area contributed by atoms with Crippen molar-refractivity contribution in [2.24, 2.45) is 0 Å². The highest BCUT2D eigenvalue weighted by Crippen LogP contribution is 2.25. The van der Waals surface area contributed by atoms with Crippen LogP contribution in [0.3, 0.4) is 0 Å². The normalized spacial score (nSPS) is 14.7. The van der Waals surface area contributed by atoms with Crippen LogP contribution in [0.25, 0.3) is 10.2 Å². The molecule has 0 bridgehead atoms. The van der Waals surface area contributed by atoms with E-state index < -0.39 is 0 Å². The fourth-order valence-electron chi connectivity index (χ4n) is 1.68. The molecule has 3 rings (SSSR count). The van der Waals surface area contributed by atoms with E-state index in [1.165, 1.54) is 11.3 Å². The standard InChI is InChI=1S/C11H13N5OS/c12-11-15-9(7-3-4-18-10(7)16-11)13-5-8(17)14-6-1-2-6/h3-4,6H,1-2,5H2,(H,14,17)(H3,12,13,15,16). The number of nitrogen functional groups attached to an aromatic ring is 1. The molecule has 2 heterocycles. The van der Waals surface area contributed by atoms with Gasteiger partial charge in [0.2, 0.25) is 11.9 Å². The molecule has 1 fully saturated rings. The van der Waals surface area contributed by atoms with Gasteiger partial charge in [0, 0.05) is 6.04 Å². The summed E-state index contributed by atoms with van der Waals surface area (Å²) in [5.74, 6) is 0.817. The summed E-state index contributed by atoms with van der Waals surface area (Å²) in [5, 5.41) is 8.74. The Bertz CT molecular complexity index is 592. The molecule has 6 nitrogen and oxygen atoms in total. The van der Waals surface area contributed by atoms with E-state index in [-0.39, 0.29) is 18.4 Å². The topological polar surface area (TPSA) is 92.9 Å². The van der Waals surface area contributed by atoms with Crippen molar-refractivity contribution < 1.29 is 4.79 Å². The van der Waals surface area contributed by atoms with E-state index in [0.29, 0.717) is 11.9 Å². The van der Waals surface area contributed by atoms with Gasteiger partial charge >= 0.3 is 0 Å². The summed E-state index contributed by atoms with van der Waals surface area (Å²) in [6.45, 7) is 0.206. The summed E-state index contributed by atoms with van der Waals surface area (Å²) in [5.41, 5.74) is 5.62. The maximum absolute atomic E-state index is 11.6. The second-order valence-electron chi connectivity index (χ2n) is 4.27. The van der Waals surface area contributed by atoms with Crippen molar-refractivity contribution in [1.29, 1.82) is 0 Å². The van der Waals surface area contributed by atoms with Gasteiger partial charge in [-0.1, -0.05) is 0 Å². The molecule has 2 aromatic rings. The zero-order chi connectivity index (χ0) is 12.5. The van der Waals surface area contributed by atoms with Crippen LogP contribution >= 0.6 is 11.3 Å². The molecular weight excluding hydrogens is 250 g/mol.